The van der Waals surface area contributed by atoms with Gasteiger partial charge in [0.05, 0.1) is 11.4 Å². The molecule has 152 valence electrons. The summed E-state index contributed by atoms with van der Waals surface area (Å²) in [5, 5.41) is 7.11. The lowest BCUT2D eigenvalue weighted by Crippen LogP contribution is -2.24. The molecule has 1 fully saturated rings. The van der Waals surface area contributed by atoms with Crippen LogP contribution in [0.25, 0.3) is 0 Å². The van der Waals surface area contributed by atoms with Crippen molar-refractivity contribution in [1.29, 1.82) is 0 Å². The van der Waals surface area contributed by atoms with Gasteiger partial charge in [0.2, 0.25) is 0 Å². The van der Waals surface area contributed by atoms with E-state index in [-0.39, 0.29) is 46.3 Å². The lowest BCUT2D eigenvalue weighted by Gasteiger charge is -2.13. The van der Waals surface area contributed by atoms with Crippen LogP contribution in [0.1, 0.15) is 19.3 Å². The molecule has 0 saturated heterocycles. The highest BCUT2D eigenvalue weighted by molar-refractivity contribution is 7.87. The van der Waals surface area contributed by atoms with Gasteiger partial charge in [-0.3, -0.25) is 13.4 Å². The van der Waals surface area contributed by atoms with Gasteiger partial charge in [-0.15, -0.1) is 0 Å². The number of oxime groups is 2. The molecule has 11 heteroatoms. The largest absolute Gasteiger partial charge is 0.358 e. The molecule has 0 atom stereocenters. The van der Waals surface area contributed by atoms with Gasteiger partial charge in [0.15, 0.2) is 0 Å². The Morgan fingerprint density at radius 3 is 1.38 bits per heavy atom. The zero-order chi connectivity index (χ0) is 20.9. The summed E-state index contributed by atoms with van der Waals surface area (Å²) in [4.78, 5) is 11.7. The van der Waals surface area contributed by atoms with E-state index in [1.807, 2.05) is 0 Å². The molecular formula is C18H16N2O7S2. The van der Waals surface area contributed by atoms with Crippen LogP contribution in [0.3, 0.4) is 0 Å². The summed E-state index contributed by atoms with van der Waals surface area (Å²) < 4.78 is 57.7. The third kappa shape index (κ3) is 5.48. The monoisotopic (exact) mass is 436 g/mol. The number of Topliss-reactive ketones (excluding diaryl/α,β-unsaturated/α-hetero) is 1. The molecule has 9 nitrogen and oxygen atoms in total. The predicted octanol–water partition coefficient (Wildman–Crippen LogP) is 2.26. The second kappa shape index (κ2) is 8.53. The van der Waals surface area contributed by atoms with Crippen molar-refractivity contribution in [3.05, 3.63) is 60.7 Å². The van der Waals surface area contributed by atoms with E-state index in [0.717, 1.165) is 0 Å². The standard InChI is InChI=1S/C18H16N2O7S2/c21-16-12-14(19-26-28(22,23)17-7-3-1-4-8-17)11-15(13-16)20-27-29(24,25)18-9-5-2-6-10-18/h1-10H,11-13H2/b19-14-,20-15+. The molecule has 0 bridgehead atoms. The first-order chi connectivity index (χ1) is 13.8. The van der Waals surface area contributed by atoms with Gasteiger partial charge in [-0.25, -0.2) is 0 Å². The molecule has 3 rings (SSSR count). The van der Waals surface area contributed by atoms with Crippen LogP contribution in [-0.4, -0.2) is 34.0 Å². The van der Waals surface area contributed by atoms with Crippen LogP contribution >= 0.6 is 0 Å². The smallest absolute Gasteiger partial charge is 0.299 e. The summed E-state index contributed by atoms with van der Waals surface area (Å²) in [5.74, 6) is -0.324. The van der Waals surface area contributed by atoms with Crippen molar-refractivity contribution >= 4 is 37.4 Å². The van der Waals surface area contributed by atoms with E-state index in [9.17, 15) is 21.6 Å². The molecule has 2 aromatic carbocycles. The second-order valence-corrected chi connectivity index (χ2v) is 9.12. The SMILES string of the molecule is O=C1C/C(=N\OS(=O)(=O)c2ccccc2)C/C(=N\OS(=O)(=O)c2ccccc2)C1. The normalized spacial score (nSPS) is 18.0. The fourth-order valence-electron chi connectivity index (χ4n) is 2.47. The minimum Gasteiger partial charge on any atom is -0.299 e. The summed E-state index contributed by atoms with van der Waals surface area (Å²) >= 11 is 0. The van der Waals surface area contributed by atoms with Crippen molar-refractivity contribution < 1.29 is 30.2 Å². The van der Waals surface area contributed by atoms with E-state index in [2.05, 4.69) is 18.9 Å². The van der Waals surface area contributed by atoms with Crippen LogP contribution in [0.2, 0.25) is 0 Å². The molecule has 0 unspecified atom stereocenters. The molecule has 29 heavy (non-hydrogen) atoms. The van der Waals surface area contributed by atoms with E-state index in [1.54, 1.807) is 12.1 Å². The molecule has 0 radical (unpaired) electrons. The highest BCUT2D eigenvalue weighted by Gasteiger charge is 2.24. The maximum atomic E-state index is 12.1. The average molecular weight is 436 g/mol. The Hall–Kier alpha value is -3.05. The number of ketones is 1. The van der Waals surface area contributed by atoms with Gasteiger partial charge in [0, 0.05) is 19.3 Å². The van der Waals surface area contributed by atoms with Crippen LogP contribution < -0.4 is 0 Å². The van der Waals surface area contributed by atoms with E-state index in [4.69, 9.17) is 0 Å². The fraction of sp³-hybridized carbons (Fsp3) is 0.167. The number of carbonyl (C=O) groups is 1. The molecule has 0 aromatic heterocycles. The topological polar surface area (TPSA) is 129 Å². The summed E-state index contributed by atoms with van der Waals surface area (Å²) in [6.45, 7) is 0. The molecule has 0 N–H and O–H groups in total. The van der Waals surface area contributed by atoms with E-state index < -0.39 is 20.2 Å². The number of carbonyl (C=O) groups excluding carboxylic acids is 1. The highest BCUT2D eigenvalue weighted by Crippen LogP contribution is 2.17. The van der Waals surface area contributed by atoms with E-state index >= 15 is 0 Å². The van der Waals surface area contributed by atoms with Crippen LogP contribution in [0.5, 0.6) is 0 Å². The molecule has 1 saturated carbocycles. The second-order valence-electron chi connectivity index (χ2n) is 6.07. The Morgan fingerprint density at radius 2 is 1.00 bits per heavy atom. The first-order valence-electron chi connectivity index (χ1n) is 8.37. The zero-order valence-corrected chi connectivity index (χ0v) is 16.6. The number of rotatable bonds is 6. The average Bonchev–Trinajstić information content (AvgIpc) is 2.72. The van der Waals surface area contributed by atoms with Crippen LogP contribution in [-0.2, 0) is 33.6 Å². The fourth-order valence-corrected chi connectivity index (χ4v) is 4.03. The van der Waals surface area contributed by atoms with Gasteiger partial charge in [0.25, 0.3) is 0 Å². The number of nitrogens with zero attached hydrogens (tertiary/aromatic N) is 2. The lowest BCUT2D eigenvalue weighted by atomic mass is 9.95. The van der Waals surface area contributed by atoms with Crippen molar-refractivity contribution in [2.75, 3.05) is 0 Å². The van der Waals surface area contributed by atoms with Gasteiger partial charge in [0.1, 0.15) is 15.6 Å². The minimum atomic E-state index is -4.13. The zero-order valence-electron chi connectivity index (χ0n) is 15.0. The van der Waals surface area contributed by atoms with Crippen LogP contribution in [0.15, 0.2) is 80.8 Å². The van der Waals surface area contributed by atoms with Crippen molar-refractivity contribution in [1.82, 2.24) is 0 Å². The van der Waals surface area contributed by atoms with E-state index in [1.165, 1.54) is 48.5 Å². The Bertz CT molecular complexity index is 1070. The Morgan fingerprint density at radius 1 is 0.621 bits per heavy atom. The molecule has 0 spiro atoms. The molecule has 1 aliphatic rings. The first-order valence-corrected chi connectivity index (χ1v) is 11.2. The van der Waals surface area contributed by atoms with Crippen molar-refractivity contribution in [2.45, 2.75) is 29.1 Å². The van der Waals surface area contributed by atoms with Crippen molar-refractivity contribution in [3.63, 3.8) is 0 Å². The Balaban J connectivity index is 1.73. The molecule has 0 heterocycles. The van der Waals surface area contributed by atoms with Gasteiger partial charge >= 0.3 is 20.2 Å². The maximum Gasteiger partial charge on any atom is 0.358 e. The van der Waals surface area contributed by atoms with Crippen LogP contribution in [0.4, 0.5) is 0 Å². The first kappa shape index (κ1) is 20.7. The quantitative estimate of drug-likeness (QED) is 0.635. The lowest BCUT2D eigenvalue weighted by molar-refractivity contribution is -0.117. The number of benzene rings is 2. The Labute approximate surface area is 167 Å². The van der Waals surface area contributed by atoms with Crippen molar-refractivity contribution in [2.24, 2.45) is 10.3 Å². The number of hydrogen-bond acceptors (Lipinski definition) is 9. The third-order valence-electron chi connectivity index (χ3n) is 3.80. The summed E-state index contributed by atoms with van der Waals surface area (Å²) in [6.07, 6.45) is -0.316. The summed E-state index contributed by atoms with van der Waals surface area (Å²) in [5.41, 5.74) is 0.195. The Kier molecular flexibility index (Phi) is 6.09. The number of hydrogen-bond donors (Lipinski definition) is 0. The van der Waals surface area contributed by atoms with Gasteiger partial charge < -0.3 is 0 Å². The molecule has 1 aliphatic carbocycles. The maximum absolute atomic E-state index is 12.1. The molecular weight excluding hydrogens is 420 g/mol. The summed E-state index contributed by atoms with van der Waals surface area (Å²) in [7, 11) is -8.26. The minimum absolute atomic E-state index is 0.0552. The third-order valence-corrected chi connectivity index (χ3v) is 6.04. The van der Waals surface area contributed by atoms with Crippen molar-refractivity contribution in [3.8, 4) is 0 Å². The van der Waals surface area contributed by atoms with Gasteiger partial charge in [-0.05, 0) is 24.3 Å². The van der Waals surface area contributed by atoms with E-state index in [0.29, 0.717) is 0 Å². The predicted molar refractivity (Wildman–Crippen MR) is 103 cm³/mol. The van der Waals surface area contributed by atoms with Gasteiger partial charge in [-0.2, -0.15) is 16.8 Å². The summed E-state index contributed by atoms with van der Waals surface area (Å²) in [6, 6.07) is 14.8. The highest BCUT2D eigenvalue weighted by atomic mass is 32.2. The van der Waals surface area contributed by atoms with Crippen LogP contribution in [0, 0.1) is 0 Å². The molecule has 0 amide bonds. The van der Waals surface area contributed by atoms with Gasteiger partial charge in [-0.1, -0.05) is 46.7 Å². The molecule has 0 aliphatic heterocycles. The molecule has 2 aromatic rings.